The second-order valence-electron chi connectivity index (χ2n) is 4.15. The Morgan fingerprint density at radius 1 is 1.38 bits per heavy atom. The second kappa shape index (κ2) is 3.07. The van der Waals surface area contributed by atoms with Gasteiger partial charge in [0, 0.05) is 5.56 Å². The van der Waals surface area contributed by atoms with Crippen molar-refractivity contribution in [1.29, 1.82) is 0 Å². The maximum Gasteiger partial charge on any atom is 0.210 e. The standard InChI is InChI=1S/C12H12O4/c1-7(13)12-9-5-3-2-4-8(9)10(15-16-12)6-11(12)14/h2-7,10,13-14H,1H3/t7-,10-,12-/m0/s1. The van der Waals surface area contributed by atoms with Crippen LogP contribution in [0.2, 0.25) is 0 Å². The van der Waals surface area contributed by atoms with E-state index in [-0.39, 0.29) is 5.76 Å². The number of fused-ring (bicyclic) bond motifs is 1. The van der Waals surface area contributed by atoms with Crippen LogP contribution in [0.1, 0.15) is 24.2 Å². The highest BCUT2D eigenvalue weighted by atomic mass is 17.2. The molecule has 2 heterocycles. The van der Waals surface area contributed by atoms with Gasteiger partial charge >= 0.3 is 0 Å². The van der Waals surface area contributed by atoms with Crippen LogP contribution in [-0.4, -0.2) is 16.3 Å². The highest BCUT2D eigenvalue weighted by molar-refractivity contribution is 5.46. The molecule has 0 saturated heterocycles. The molecule has 1 aromatic rings. The van der Waals surface area contributed by atoms with Crippen molar-refractivity contribution in [1.82, 2.24) is 0 Å². The van der Waals surface area contributed by atoms with Gasteiger partial charge in [0.2, 0.25) is 5.60 Å². The normalized spacial score (nSPS) is 33.1. The molecule has 0 unspecified atom stereocenters. The maximum atomic E-state index is 9.96. The van der Waals surface area contributed by atoms with Crippen LogP contribution in [0.4, 0.5) is 0 Å². The molecule has 4 rings (SSSR count). The summed E-state index contributed by atoms with van der Waals surface area (Å²) in [7, 11) is 0. The Morgan fingerprint density at radius 2 is 2.12 bits per heavy atom. The third-order valence-electron chi connectivity index (χ3n) is 3.23. The smallest absolute Gasteiger partial charge is 0.210 e. The van der Waals surface area contributed by atoms with E-state index in [1.165, 1.54) is 0 Å². The van der Waals surface area contributed by atoms with Gasteiger partial charge in [-0.3, -0.25) is 0 Å². The molecular weight excluding hydrogens is 208 g/mol. The molecule has 0 saturated carbocycles. The summed E-state index contributed by atoms with van der Waals surface area (Å²) in [6.45, 7) is 1.57. The predicted octanol–water partition coefficient (Wildman–Crippen LogP) is 1.72. The van der Waals surface area contributed by atoms with Gasteiger partial charge in [0.25, 0.3) is 0 Å². The summed E-state index contributed by atoms with van der Waals surface area (Å²) in [5.41, 5.74) is 0.416. The Hall–Kier alpha value is -1.36. The van der Waals surface area contributed by atoms with Gasteiger partial charge in [-0.1, -0.05) is 24.3 Å². The first-order valence-corrected chi connectivity index (χ1v) is 5.19. The average molecular weight is 220 g/mol. The zero-order chi connectivity index (χ0) is 11.3. The Morgan fingerprint density at radius 3 is 2.81 bits per heavy atom. The van der Waals surface area contributed by atoms with Crippen molar-refractivity contribution in [2.75, 3.05) is 0 Å². The lowest BCUT2D eigenvalue weighted by atomic mass is 9.77. The Balaban J connectivity index is 2.29. The quantitative estimate of drug-likeness (QED) is 0.707. The summed E-state index contributed by atoms with van der Waals surface area (Å²) in [5, 5.41) is 19.8. The van der Waals surface area contributed by atoms with Crippen LogP contribution in [0, 0.1) is 0 Å². The van der Waals surface area contributed by atoms with E-state index in [9.17, 15) is 10.2 Å². The molecule has 2 aliphatic heterocycles. The molecule has 2 bridgehead atoms. The van der Waals surface area contributed by atoms with Gasteiger partial charge in [0.15, 0.2) is 0 Å². The molecule has 4 nitrogen and oxygen atoms in total. The van der Waals surface area contributed by atoms with Crippen LogP contribution in [0.25, 0.3) is 0 Å². The first-order chi connectivity index (χ1) is 7.66. The third-order valence-corrected chi connectivity index (χ3v) is 3.23. The van der Waals surface area contributed by atoms with Crippen LogP contribution >= 0.6 is 0 Å². The summed E-state index contributed by atoms with van der Waals surface area (Å²) in [6.07, 6.45) is 0.279. The van der Waals surface area contributed by atoms with Crippen molar-refractivity contribution >= 4 is 0 Å². The van der Waals surface area contributed by atoms with E-state index in [1.54, 1.807) is 13.0 Å². The molecule has 1 aromatic carbocycles. The SMILES string of the molecule is C[C@H](O)[C@@]12OO[C@@H](C=C1O)c1ccccc12. The molecule has 3 atom stereocenters. The molecule has 0 radical (unpaired) electrons. The van der Waals surface area contributed by atoms with Gasteiger partial charge in [-0.25, -0.2) is 9.78 Å². The van der Waals surface area contributed by atoms with E-state index >= 15 is 0 Å². The number of aliphatic hydroxyl groups is 2. The number of hydrogen-bond acceptors (Lipinski definition) is 4. The predicted molar refractivity (Wildman–Crippen MR) is 55.4 cm³/mol. The third kappa shape index (κ3) is 0.988. The lowest BCUT2D eigenvalue weighted by molar-refractivity contribution is -0.415. The van der Waals surface area contributed by atoms with Gasteiger partial charge < -0.3 is 10.2 Å². The highest BCUT2D eigenvalue weighted by Gasteiger charge is 2.53. The number of benzene rings is 1. The molecule has 84 valence electrons. The largest absolute Gasteiger partial charge is 0.509 e. The molecular formula is C12H12O4. The van der Waals surface area contributed by atoms with Crippen molar-refractivity contribution in [3.63, 3.8) is 0 Å². The molecule has 0 spiro atoms. The van der Waals surface area contributed by atoms with Gasteiger partial charge in [0.05, 0.1) is 6.10 Å². The fraction of sp³-hybridized carbons (Fsp3) is 0.333. The van der Waals surface area contributed by atoms with Gasteiger partial charge in [-0.15, -0.1) is 0 Å². The minimum Gasteiger partial charge on any atom is -0.509 e. The zero-order valence-electron chi connectivity index (χ0n) is 8.75. The van der Waals surface area contributed by atoms with Crippen molar-refractivity contribution < 1.29 is 20.0 Å². The van der Waals surface area contributed by atoms with Gasteiger partial charge in [-0.05, 0) is 18.6 Å². The summed E-state index contributed by atoms with van der Waals surface area (Å²) in [6, 6.07) is 7.48. The molecule has 0 aromatic heterocycles. The Kier molecular flexibility index (Phi) is 1.89. The topological polar surface area (TPSA) is 58.9 Å². The summed E-state index contributed by atoms with van der Waals surface area (Å²) in [5.74, 6) is 0.0115. The molecule has 1 aliphatic carbocycles. The van der Waals surface area contributed by atoms with Crippen molar-refractivity contribution in [2.45, 2.75) is 24.7 Å². The van der Waals surface area contributed by atoms with Gasteiger partial charge in [-0.2, -0.15) is 0 Å². The van der Waals surface area contributed by atoms with Crippen molar-refractivity contribution in [3.8, 4) is 0 Å². The fourth-order valence-electron chi connectivity index (χ4n) is 2.38. The van der Waals surface area contributed by atoms with Crippen LogP contribution in [0.3, 0.4) is 0 Å². The maximum absolute atomic E-state index is 9.96. The first kappa shape index (κ1) is 9.84. The highest BCUT2D eigenvalue weighted by Crippen LogP contribution is 2.50. The number of aliphatic hydroxyl groups excluding tert-OH is 2. The second-order valence-corrected chi connectivity index (χ2v) is 4.15. The summed E-state index contributed by atoms with van der Waals surface area (Å²) < 4.78 is 0. The van der Waals surface area contributed by atoms with Crippen molar-refractivity contribution in [2.24, 2.45) is 0 Å². The van der Waals surface area contributed by atoms with Crippen molar-refractivity contribution in [3.05, 3.63) is 47.2 Å². The monoisotopic (exact) mass is 220 g/mol. The van der Waals surface area contributed by atoms with E-state index in [1.807, 2.05) is 24.3 Å². The first-order valence-electron chi connectivity index (χ1n) is 5.19. The Labute approximate surface area is 92.7 Å². The number of hydrogen-bond donors (Lipinski definition) is 2. The van der Waals surface area contributed by atoms with Crippen LogP contribution in [0.5, 0.6) is 0 Å². The van der Waals surface area contributed by atoms with E-state index in [2.05, 4.69) is 0 Å². The van der Waals surface area contributed by atoms with Crippen LogP contribution < -0.4 is 0 Å². The Bertz CT molecular complexity index is 466. The molecule has 2 N–H and O–H groups in total. The van der Waals surface area contributed by atoms with Crippen LogP contribution in [0.15, 0.2) is 36.1 Å². The lowest BCUT2D eigenvalue weighted by Crippen LogP contribution is -2.49. The summed E-state index contributed by atoms with van der Waals surface area (Å²) >= 11 is 0. The van der Waals surface area contributed by atoms with E-state index < -0.39 is 17.8 Å². The molecule has 4 heteroatoms. The minimum atomic E-state index is -1.27. The molecule has 16 heavy (non-hydrogen) atoms. The number of rotatable bonds is 1. The zero-order valence-corrected chi connectivity index (χ0v) is 8.75. The molecule has 3 aliphatic rings. The van der Waals surface area contributed by atoms with E-state index in [0.717, 1.165) is 11.1 Å². The molecule has 0 fully saturated rings. The minimum absolute atomic E-state index is 0.0115. The van der Waals surface area contributed by atoms with E-state index in [4.69, 9.17) is 9.78 Å². The van der Waals surface area contributed by atoms with Gasteiger partial charge in [0.1, 0.15) is 11.9 Å². The average Bonchev–Trinajstić information content (AvgIpc) is 2.29. The van der Waals surface area contributed by atoms with E-state index in [0.29, 0.717) is 0 Å². The lowest BCUT2D eigenvalue weighted by Gasteiger charge is -2.44. The molecule has 0 amide bonds. The fourth-order valence-corrected chi connectivity index (χ4v) is 2.38. The van der Waals surface area contributed by atoms with Crippen LogP contribution in [-0.2, 0) is 15.4 Å². The summed E-state index contributed by atoms with van der Waals surface area (Å²) in [4.78, 5) is 10.3.